The molecule has 2 aromatic heterocycles. The third kappa shape index (κ3) is 2.17. The minimum Gasteiger partial charge on any atom is -0.469 e. The van der Waals surface area contributed by atoms with Gasteiger partial charge < -0.3 is 9.73 Å². The Balaban J connectivity index is 1.75. The van der Waals surface area contributed by atoms with E-state index in [9.17, 15) is 0 Å². The van der Waals surface area contributed by atoms with E-state index in [1.165, 1.54) is 29.0 Å². The van der Waals surface area contributed by atoms with Crippen molar-refractivity contribution in [3.8, 4) is 0 Å². The monoisotopic (exact) mass is 247 g/mol. The van der Waals surface area contributed by atoms with Crippen LogP contribution in [0.3, 0.4) is 0 Å². The average molecular weight is 247 g/mol. The van der Waals surface area contributed by atoms with Gasteiger partial charge in [-0.25, -0.2) is 0 Å². The van der Waals surface area contributed by atoms with Gasteiger partial charge in [-0.2, -0.15) is 0 Å². The molecule has 1 N–H and O–H groups in total. The van der Waals surface area contributed by atoms with E-state index in [4.69, 9.17) is 4.42 Å². The van der Waals surface area contributed by atoms with Crippen molar-refractivity contribution in [3.05, 3.63) is 46.0 Å². The summed E-state index contributed by atoms with van der Waals surface area (Å²) in [5.74, 6) is 1.17. The molecule has 90 valence electrons. The van der Waals surface area contributed by atoms with Crippen LogP contribution < -0.4 is 5.32 Å². The summed E-state index contributed by atoms with van der Waals surface area (Å²) < 4.78 is 5.52. The topological polar surface area (TPSA) is 25.2 Å². The molecule has 0 amide bonds. The quantitative estimate of drug-likeness (QED) is 0.884. The highest BCUT2D eigenvalue weighted by atomic mass is 32.1. The highest BCUT2D eigenvalue weighted by molar-refractivity contribution is 7.10. The molecule has 2 aromatic rings. The normalized spacial score (nSPS) is 21.1. The first-order chi connectivity index (χ1) is 8.34. The van der Waals surface area contributed by atoms with E-state index >= 15 is 0 Å². The van der Waals surface area contributed by atoms with Crippen LogP contribution in [0.25, 0.3) is 0 Å². The predicted octanol–water partition coefficient (Wildman–Crippen LogP) is 4.07. The van der Waals surface area contributed by atoms with Gasteiger partial charge in [0.2, 0.25) is 0 Å². The van der Waals surface area contributed by atoms with Gasteiger partial charge in [0.05, 0.1) is 6.26 Å². The van der Waals surface area contributed by atoms with E-state index in [0.717, 1.165) is 6.42 Å². The van der Waals surface area contributed by atoms with E-state index < -0.39 is 0 Å². The minimum absolute atomic E-state index is 0.417. The van der Waals surface area contributed by atoms with Gasteiger partial charge in [0.25, 0.3) is 0 Å². The van der Waals surface area contributed by atoms with Gasteiger partial charge in [-0.15, -0.1) is 11.3 Å². The highest BCUT2D eigenvalue weighted by Crippen LogP contribution is 2.32. The maximum absolute atomic E-state index is 5.52. The Morgan fingerprint density at radius 2 is 2.41 bits per heavy atom. The second-order valence-electron chi connectivity index (χ2n) is 4.65. The molecule has 0 fully saturated rings. The number of furan rings is 1. The molecule has 1 unspecified atom stereocenters. The van der Waals surface area contributed by atoms with Gasteiger partial charge in [-0.1, -0.05) is 6.07 Å². The van der Waals surface area contributed by atoms with Crippen molar-refractivity contribution in [1.29, 1.82) is 0 Å². The molecule has 0 bridgehead atoms. The van der Waals surface area contributed by atoms with Crippen LogP contribution in [0.2, 0.25) is 0 Å². The average Bonchev–Trinajstić information content (AvgIpc) is 3.00. The second-order valence-corrected chi connectivity index (χ2v) is 5.63. The lowest BCUT2D eigenvalue weighted by molar-refractivity contribution is 0.387. The maximum atomic E-state index is 5.52. The van der Waals surface area contributed by atoms with Crippen LogP contribution in [0.5, 0.6) is 0 Å². The Morgan fingerprint density at radius 3 is 3.24 bits per heavy atom. The molecule has 3 rings (SSSR count). The van der Waals surface area contributed by atoms with Crippen molar-refractivity contribution in [1.82, 2.24) is 5.32 Å². The number of nitrogens with one attached hydrogen (secondary N) is 1. The molecule has 0 aromatic carbocycles. The SMILES string of the molecule is C[C@H](NC1CCCc2occc21)c1cccs1. The zero-order valence-electron chi connectivity index (χ0n) is 9.98. The van der Waals surface area contributed by atoms with Crippen molar-refractivity contribution < 1.29 is 4.42 Å². The van der Waals surface area contributed by atoms with Crippen LogP contribution in [0.15, 0.2) is 34.3 Å². The molecule has 0 radical (unpaired) electrons. The van der Waals surface area contributed by atoms with Crippen LogP contribution in [-0.4, -0.2) is 0 Å². The van der Waals surface area contributed by atoms with Gasteiger partial charge in [0.1, 0.15) is 5.76 Å². The van der Waals surface area contributed by atoms with E-state index in [2.05, 4.69) is 35.8 Å². The Kier molecular flexibility index (Phi) is 3.04. The third-order valence-corrected chi connectivity index (χ3v) is 4.53. The van der Waals surface area contributed by atoms with Gasteiger partial charge >= 0.3 is 0 Å². The van der Waals surface area contributed by atoms with Gasteiger partial charge in [-0.3, -0.25) is 0 Å². The Hall–Kier alpha value is -1.06. The molecule has 1 aliphatic carbocycles. The summed E-state index contributed by atoms with van der Waals surface area (Å²) in [7, 11) is 0. The molecule has 2 atom stereocenters. The first-order valence-electron chi connectivity index (χ1n) is 6.20. The first-order valence-corrected chi connectivity index (χ1v) is 7.08. The molecule has 3 heteroatoms. The summed E-state index contributed by atoms with van der Waals surface area (Å²) in [5.41, 5.74) is 1.36. The van der Waals surface area contributed by atoms with Crippen LogP contribution in [0, 0.1) is 0 Å². The van der Waals surface area contributed by atoms with E-state index in [1.807, 2.05) is 17.6 Å². The first kappa shape index (κ1) is 11.1. The van der Waals surface area contributed by atoms with Crippen LogP contribution in [0.4, 0.5) is 0 Å². The smallest absolute Gasteiger partial charge is 0.108 e. The fourth-order valence-electron chi connectivity index (χ4n) is 2.58. The van der Waals surface area contributed by atoms with Crippen LogP contribution in [-0.2, 0) is 6.42 Å². The summed E-state index contributed by atoms with van der Waals surface area (Å²) in [4.78, 5) is 1.40. The fraction of sp³-hybridized carbons (Fsp3) is 0.429. The molecule has 0 saturated heterocycles. The summed E-state index contributed by atoms with van der Waals surface area (Å²) in [6.45, 7) is 2.24. The summed E-state index contributed by atoms with van der Waals surface area (Å²) in [6, 6.07) is 7.30. The molecule has 1 aliphatic rings. The number of fused-ring (bicyclic) bond motifs is 1. The lowest BCUT2D eigenvalue weighted by atomic mass is 9.93. The maximum Gasteiger partial charge on any atom is 0.108 e. The summed E-state index contributed by atoms with van der Waals surface area (Å²) in [5, 5.41) is 5.85. The highest BCUT2D eigenvalue weighted by Gasteiger charge is 2.24. The minimum atomic E-state index is 0.417. The molecule has 0 spiro atoms. The Bertz CT molecular complexity index is 474. The molecule has 0 aliphatic heterocycles. The number of rotatable bonds is 3. The van der Waals surface area contributed by atoms with E-state index in [0.29, 0.717) is 12.1 Å². The van der Waals surface area contributed by atoms with Crippen LogP contribution >= 0.6 is 11.3 Å². The van der Waals surface area contributed by atoms with E-state index in [1.54, 1.807) is 0 Å². The third-order valence-electron chi connectivity index (χ3n) is 3.47. The van der Waals surface area contributed by atoms with Crippen molar-refractivity contribution in [2.45, 2.75) is 38.3 Å². The van der Waals surface area contributed by atoms with Crippen molar-refractivity contribution in [2.24, 2.45) is 0 Å². The number of thiophene rings is 1. The fourth-order valence-corrected chi connectivity index (χ4v) is 3.32. The summed E-state index contributed by atoms with van der Waals surface area (Å²) >= 11 is 1.82. The summed E-state index contributed by atoms with van der Waals surface area (Å²) in [6.07, 6.45) is 5.34. The molecular formula is C14H17NOS. The molecule has 17 heavy (non-hydrogen) atoms. The molecule has 2 nitrogen and oxygen atoms in total. The predicted molar refractivity (Wildman–Crippen MR) is 70.3 cm³/mol. The number of hydrogen-bond acceptors (Lipinski definition) is 3. The molecule has 2 heterocycles. The van der Waals surface area contributed by atoms with Crippen molar-refractivity contribution in [3.63, 3.8) is 0 Å². The molecule has 0 saturated carbocycles. The lowest BCUT2D eigenvalue weighted by Crippen LogP contribution is -2.26. The van der Waals surface area contributed by atoms with E-state index in [-0.39, 0.29) is 0 Å². The van der Waals surface area contributed by atoms with Crippen molar-refractivity contribution in [2.75, 3.05) is 0 Å². The van der Waals surface area contributed by atoms with Gasteiger partial charge in [0, 0.05) is 28.9 Å². The second kappa shape index (κ2) is 4.67. The van der Waals surface area contributed by atoms with Gasteiger partial charge in [-0.05, 0) is 37.3 Å². The largest absolute Gasteiger partial charge is 0.469 e. The zero-order chi connectivity index (χ0) is 11.7. The Morgan fingerprint density at radius 1 is 1.47 bits per heavy atom. The molecular weight excluding hydrogens is 230 g/mol. The number of aryl methyl sites for hydroxylation is 1. The standard InChI is InChI=1S/C14H17NOS/c1-10(14-6-3-9-17-14)15-12-4-2-5-13-11(12)7-8-16-13/h3,6-10,12,15H,2,4-5H2,1H3/t10-,12?/m0/s1. The van der Waals surface area contributed by atoms with Crippen LogP contribution in [0.1, 0.15) is 48.0 Å². The number of hydrogen-bond donors (Lipinski definition) is 1. The van der Waals surface area contributed by atoms with Gasteiger partial charge in [0.15, 0.2) is 0 Å². The zero-order valence-corrected chi connectivity index (χ0v) is 10.8. The lowest BCUT2D eigenvalue weighted by Gasteiger charge is -2.26. The van der Waals surface area contributed by atoms with Crippen molar-refractivity contribution >= 4 is 11.3 Å². The Labute approximate surface area is 106 Å².